The van der Waals surface area contributed by atoms with Crippen LogP contribution in [0.2, 0.25) is 0 Å². The molecule has 0 fully saturated rings. The van der Waals surface area contributed by atoms with Gasteiger partial charge in [0.15, 0.2) is 23.3 Å². The second-order valence-electron chi connectivity index (χ2n) is 19.9. The summed E-state index contributed by atoms with van der Waals surface area (Å²) < 4.78 is 4.34. The molecular formula is C64H62N6. The molecule has 0 radical (unpaired) electrons. The lowest BCUT2D eigenvalue weighted by molar-refractivity contribution is 0.590. The van der Waals surface area contributed by atoms with E-state index in [0.717, 1.165) is 69.8 Å². The maximum atomic E-state index is 4.67. The van der Waals surface area contributed by atoms with Crippen molar-refractivity contribution in [3.63, 3.8) is 0 Å². The van der Waals surface area contributed by atoms with Gasteiger partial charge < -0.3 is 0 Å². The van der Waals surface area contributed by atoms with E-state index in [1.807, 2.05) is 12.1 Å². The van der Waals surface area contributed by atoms with Crippen LogP contribution in [0.5, 0.6) is 0 Å². The zero-order chi connectivity index (χ0) is 48.8. The molecule has 348 valence electrons. The van der Waals surface area contributed by atoms with Gasteiger partial charge >= 0.3 is 0 Å². The molecule has 0 aliphatic carbocycles. The standard InChI is InChI=1S/2C32H31N3/c2*1-5-23-11-21-29(22-12-23)35-30(26-15-13-25(14-16-26)24-9-7-6-8-10-24)33-34-31(35)27-17-19-28(20-18-27)32(2,3)4/h2*6-22H,5H2,1-4H3. The van der Waals surface area contributed by atoms with E-state index in [0.29, 0.717) is 0 Å². The van der Waals surface area contributed by atoms with Crippen LogP contribution >= 0.6 is 0 Å². The van der Waals surface area contributed by atoms with Crippen molar-refractivity contribution in [1.82, 2.24) is 29.5 Å². The fourth-order valence-corrected chi connectivity index (χ4v) is 8.69. The lowest BCUT2D eigenvalue weighted by atomic mass is 9.86. The molecule has 10 rings (SSSR count). The Bertz CT molecular complexity index is 3030. The van der Waals surface area contributed by atoms with Gasteiger partial charge in [0.2, 0.25) is 0 Å². The molecule has 6 heteroatoms. The van der Waals surface area contributed by atoms with E-state index in [-0.39, 0.29) is 10.8 Å². The molecule has 0 bridgehead atoms. The summed E-state index contributed by atoms with van der Waals surface area (Å²) in [6.45, 7) is 17.8. The average molecular weight is 915 g/mol. The minimum absolute atomic E-state index is 0.105. The van der Waals surface area contributed by atoms with Crippen LogP contribution in [-0.2, 0) is 23.7 Å². The minimum Gasteiger partial charge on any atom is -0.275 e. The SMILES string of the molecule is CCc1ccc(-n2c(-c3ccc(-c4ccccc4)cc3)nnc2-c2ccc(C(C)(C)C)cc2)cc1.CCc1ccc(-n2c(-c3ccc(-c4ccccc4)cc3)nnc2-c2ccc(C(C)(C)C)cc2)cc1. The number of aromatic nitrogens is 6. The van der Waals surface area contributed by atoms with Crippen molar-refractivity contribution < 1.29 is 0 Å². The molecule has 0 aliphatic heterocycles. The second-order valence-corrected chi connectivity index (χ2v) is 19.9. The summed E-state index contributed by atoms with van der Waals surface area (Å²) >= 11 is 0. The van der Waals surface area contributed by atoms with Crippen molar-refractivity contribution in [2.75, 3.05) is 0 Å². The Balaban J connectivity index is 0.000000174. The maximum Gasteiger partial charge on any atom is 0.168 e. The fourth-order valence-electron chi connectivity index (χ4n) is 8.69. The number of aryl methyl sites for hydroxylation is 2. The molecule has 0 unspecified atom stereocenters. The van der Waals surface area contributed by atoms with Gasteiger partial charge in [-0.25, -0.2) is 0 Å². The molecule has 0 aliphatic rings. The van der Waals surface area contributed by atoms with Crippen molar-refractivity contribution >= 4 is 0 Å². The Morgan fingerprint density at radius 1 is 0.286 bits per heavy atom. The van der Waals surface area contributed by atoms with Crippen molar-refractivity contribution in [2.45, 2.75) is 79.1 Å². The topological polar surface area (TPSA) is 61.4 Å². The Labute approximate surface area is 414 Å². The van der Waals surface area contributed by atoms with E-state index < -0.39 is 0 Å². The average Bonchev–Trinajstić information content (AvgIpc) is 4.05. The van der Waals surface area contributed by atoms with Crippen molar-refractivity contribution in [1.29, 1.82) is 0 Å². The normalized spacial score (nSPS) is 11.5. The van der Waals surface area contributed by atoms with E-state index in [4.69, 9.17) is 0 Å². The molecule has 2 aromatic heterocycles. The highest BCUT2D eigenvalue weighted by Gasteiger charge is 2.21. The van der Waals surface area contributed by atoms with E-state index in [2.05, 4.69) is 279 Å². The molecular weight excluding hydrogens is 853 g/mol. The van der Waals surface area contributed by atoms with Gasteiger partial charge in [0.25, 0.3) is 0 Å². The Kier molecular flexibility index (Phi) is 13.7. The smallest absolute Gasteiger partial charge is 0.168 e. The monoisotopic (exact) mass is 915 g/mol. The van der Waals surface area contributed by atoms with E-state index in [9.17, 15) is 0 Å². The third kappa shape index (κ3) is 10.4. The quantitative estimate of drug-likeness (QED) is 0.137. The number of benzene rings is 8. The molecule has 0 atom stereocenters. The number of hydrogen-bond donors (Lipinski definition) is 0. The lowest BCUT2D eigenvalue weighted by Gasteiger charge is -2.19. The molecule has 8 aromatic carbocycles. The highest BCUT2D eigenvalue weighted by molar-refractivity contribution is 5.73. The predicted molar refractivity (Wildman–Crippen MR) is 291 cm³/mol. The Morgan fingerprint density at radius 2 is 0.529 bits per heavy atom. The summed E-state index contributed by atoms with van der Waals surface area (Å²) in [7, 11) is 0. The largest absolute Gasteiger partial charge is 0.275 e. The third-order valence-corrected chi connectivity index (χ3v) is 13.1. The van der Waals surface area contributed by atoms with Crippen LogP contribution in [0.3, 0.4) is 0 Å². The van der Waals surface area contributed by atoms with E-state index >= 15 is 0 Å². The zero-order valence-electron chi connectivity index (χ0n) is 41.7. The molecule has 6 nitrogen and oxygen atoms in total. The Morgan fingerprint density at radius 3 is 0.786 bits per heavy atom. The van der Waals surface area contributed by atoms with Gasteiger partial charge in [-0.2, -0.15) is 0 Å². The van der Waals surface area contributed by atoms with Gasteiger partial charge in [0.1, 0.15) is 0 Å². The molecule has 0 amide bonds. The fraction of sp³-hybridized carbons (Fsp3) is 0.188. The first-order valence-corrected chi connectivity index (χ1v) is 24.5. The van der Waals surface area contributed by atoms with Crippen LogP contribution in [0.25, 0.3) is 79.2 Å². The molecule has 2 heterocycles. The van der Waals surface area contributed by atoms with Gasteiger partial charge in [0, 0.05) is 33.6 Å². The van der Waals surface area contributed by atoms with Crippen molar-refractivity contribution in [3.8, 4) is 79.2 Å². The number of hydrogen-bond acceptors (Lipinski definition) is 4. The van der Waals surface area contributed by atoms with Gasteiger partial charge in [-0.3, -0.25) is 9.13 Å². The second kappa shape index (κ2) is 20.3. The highest BCUT2D eigenvalue weighted by Crippen LogP contribution is 2.34. The van der Waals surface area contributed by atoms with E-state index in [1.165, 1.54) is 44.5 Å². The van der Waals surface area contributed by atoms with Gasteiger partial charge in [0.05, 0.1) is 0 Å². The Hall–Kier alpha value is -7.96. The first-order chi connectivity index (χ1) is 33.9. The van der Waals surface area contributed by atoms with Gasteiger partial charge in [-0.15, -0.1) is 20.4 Å². The van der Waals surface area contributed by atoms with Crippen LogP contribution in [0.4, 0.5) is 0 Å². The first kappa shape index (κ1) is 47.1. The third-order valence-electron chi connectivity index (χ3n) is 13.1. The molecule has 0 saturated carbocycles. The predicted octanol–water partition coefficient (Wildman–Crippen LogP) is 16.3. The maximum absolute atomic E-state index is 4.67. The van der Waals surface area contributed by atoms with Crippen LogP contribution < -0.4 is 0 Å². The minimum atomic E-state index is 0.105. The molecule has 0 saturated heterocycles. The first-order valence-electron chi connectivity index (χ1n) is 24.5. The van der Waals surface area contributed by atoms with Crippen molar-refractivity contribution in [2.24, 2.45) is 0 Å². The zero-order valence-corrected chi connectivity index (χ0v) is 41.7. The summed E-state index contributed by atoms with van der Waals surface area (Å²) in [5, 5.41) is 18.7. The summed E-state index contributed by atoms with van der Waals surface area (Å²) in [6.07, 6.45) is 2.02. The number of nitrogens with zero attached hydrogens (tertiary/aromatic N) is 6. The van der Waals surface area contributed by atoms with Crippen LogP contribution in [-0.4, -0.2) is 29.5 Å². The summed E-state index contributed by atoms with van der Waals surface area (Å²) in [4.78, 5) is 0. The molecule has 70 heavy (non-hydrogen) atoms. The van der Waals surface area contributed by atoms with Crippen LogP contribution in [0, 0.1) is 0 Å². The molecule has 0 spiro atoms. The summed E-state index contributed by atoms with van der Waals surface area (Å²) in [5.41, 5.74) is 16.5. The molecule has 10 aromatic rings. The van der Waals surface area contributed by atoms with Gasteiger partial charge in [-0.05, 0) is 92.4 Å². The summed E-state index contributed by atoms with van der Waals surface area (Å²) in [6, 6.07) is 72.8. The van der Waals surface area contributed by atoms with E-state index in [1.54, 1.807) is 0 Å². The summed E-state index contributed by atoms with van der Waals surface area (Å²) in [5.74, 6) is 3.36. The van der Waals surface area contributed by atoms with Crippen molar-refractivity contribution in [3.05, 3.63) is 229 Å². The molecule has 0 N–H and O–H groups in total. The van der Waals surface area contributed by atoms with Crippen LogP contribution in [0.15, 0.2) is 206 Å². The van der Waals surface area contributed by atoms with Crippen LogP contribution in [0.1, 0.15) is 77.6 Å². The highest BCUT2D eigenvalue weighted by atomic mass is 15.3. The number of rotatable bonds is 10. The van der Waals surface area contributed by atoms with Gasteiger partial charge in [-0.1, -0.05) is 237 Å². The lowest BCUT2D eigenvalue weighted by Crippen LogP contribution is -2.10.